The molecule has 2 atom stereocenters. The summed E-state index contributed by atoms with van der Waals surface area (Å²) in [6.45, 7) is 11.7. The first-order valence-electron chi connectivity index (χ1n) is 6.71. The molecule has 0 aliphatic rings. The summed E-state index contributed by atoms with van der Waals surface area (Å²) >= 11 is 0. The molecule has 4 heteroatoms. The van der Waals surface area contributed by atoms with Crippen molar-refractivity contribution >= 4 is 5.91 Å². The van der Waals surface area contributed by atoms with Gasteiger partial charge in [0, 0.05) is 31.6 Å². The summed E-state index contributed by atoms with van der Waals surface area (Å²) in [4.78, 5) is 14.0. The van der Waals surface area contributed by atoms with Gasteiger partial charge in [-0.3, -0.25) is 4.79 Å². The fraction of sp³-hybridized carbons (Fsp3) is 0.923. The van der Waals surface area contributed by atoms with E-state index in [9.17, 15) is 4.79 Å². The zero-order chi connectivity index (χ0) is 13.3. The minimum atomic E-state index is 0.0452. The highest BCUT2D eigenvalue weighted by Gasteiger charge is 2.12. The molecule has 2 unspecified atom stereocenters. The van der Waals surface area contributed by atoms with E-state index in [1.165, 1.54) is 0 Å². The van der Waals surface area contributed by atoms with Gasteiger partial charge in [0.1, 0.15) is 0 Å². The Kier molecular flexibility index (Phi) is 9.09. The number of nitrogens with one attached hydrogen (secondary N) is 2. The van der Waals surface area contributed by atoms with Gasteiger partial charge in [-0.1, -0.05) is 20.8 Å². The maximum absolute atomic E-state index is 11.7. The molecular formula is C13H29N3O. The summed E-state index contributed by atoms with van der Waals surface area (Å²) in [5, 5.41) is 6.16. The molecular weight excluding hydrogens is 214 g/mol. The van der Waals surface area contributed by atoms with Gasteiger partial charge in [-0.2, -0.15) is 0 Å². The Balaban J connectivity index is 3.70. The van der Waals surface area contributed by atoms with E-state index in [4.69, 9.17) is 0 Å². The lowest BCUT2D eigenvalue weighted by molar-refractivity contribution is -0.124. The highest BCUT2D eigenvalue weighted by Crippen LogP contribution is 1.98. The lowest BCUT2D eigenvalue weighted by Crippen LogP contribution is -2.40. The third-order valence-corrected chi connectivity index (χ3v) is 3.26. The number of carbonyl (C=O) groups is 1. The second kappa shape index (κ2) is 9.42. The number of hydrogen-bond acceptors (Lipinski definition) is 3. The Labute approximate surface area is 106 Å². The van der Waals surface area contributed by atoms with Crippen LogP contribution >= 0.6 is 0 Å². The molecule has 0 aliphatic carbocycles. The maximum atomic E-state index is 11.7. The van der Waals surface area contributed by atoms with Gasteiger partial charge in [0.2, 0.25) is 5.91 Å². The number of likely N-dealkylation sites (N-methyl/N-ethyl adjacent to an activating group) is 1. The first-order valence-corrected chi connectivity index (χ1v) is 6.71. The SMILES string of the molecule is CCNCC(C)C(=O)NCCN(C)C(C)CC. The van der Waals surface area contributed by atoms with Crippen LogP contribution < -0.4 is 10.6 Å². The molecule has 0 spiro atoms. The van der Waals surface area contributed by atoms with E-state index in [-0.39, 0.29) is 11.8 Å². The van der Waals surface area contributed by atoms with Crippen molar-refractivity contribution in [3.05, 3.63) is 0 Å². The van der Waals surface area contributed by atoms with Crippen LogP contribution in [0.25, 0.3) is 0 Å². The molecule has 0 saturated carbocycles. The van der Waals surface area contributed by atoms with E-state index in [2.05, 4.69) is 36.4 Å². The van der Waals surface area contributed by atoms with Crippen molar-refractivity contribution in [2.75, 3.05) is 33.2 Å². The number of carbonyl (C=O) groups excluding carboxylic acids is 1. The van der Waals surface area contributed by atoms with Crippen molar-refractivity contribution in [3.8, 4) is 0 Å². The summed E-state index contributed by atoms with van der Waals surface area (Å²) in [7, 11) is 2.10. The van der Waals surface area contributed by atoms with E-state index >= 15 is 0 Å². The second-order valence-corrected chi connectivity index (χ2v) is 4.74. The normalized spacial score (nSPS) is 14.7. The van der Waals surface area contributed by atoms with Crippen LogP contribution in [0.2, 0.25) is 0 Å². The van der Waals surface area contributed by atoms with Crippen LogP contribution in [-0.4, -0.2) is 50.1 Å². The lowest BCUT2D eigenvalue weighted by Gasteiger charge is -2.23. The molecule has 0 heterocycles. The van der Waals surface area contributed by atoms with E-state index in [1.54, 1.807) is 0 Å². The number of hydrogen-bond donors (Lipinski definition) is 2. The van der Waals surface area contributed by atoms with Crippen LogP contribution in [0.1, 0.15) is 34.1 Å². The largest absolute Gasteiger partial charge is 0.355 e. The Morgan fingerprint density at radius 3 is 2.47 bits per heavy atom. The first-order chi connectivity index (χ1) is 8.02. The average Bonchev–Trinajstić information content (AvgIpc) is 2.34. The van der Waals surface area contributed by atoms with E-state index < -0.39 is 0 Å². The molecule has 0 radical (unpaired) electrons. The van der Waals surface area contributed by atoms with Crippen LogP contribution in [-0.2, 0) is 4.79 Å². The van der Waals surface area contributed by atoms with Crippen LogP contribution in [0.15, 0.2) is 0 Å². The fourth-order valence-corrected chi connectivity index (χ4v) is 1.52. The van der Waals surface area contributed by atoms with Crippen LogP contribution in [0, 0.1) is 5.92 Å². The standard InChI is InChI=1S/C13H29N3O/c1-6-12(4)16(5)9-8-15-13(17)11(3)10-14-7-2/h11-12,14H,6-10H2,1-5H3,(H,15,17). The Bertz CT molecular complexity index is 209. The van der Waals surface area contributed by atoms with Crippen molar-refractivity contribution in [3.63, 3.8) is 0 Å². The Hall–Kier alpha value is -0.610. The molecule has 0 bridgehead atoms. The van der Waals surface area contributed by atoms with Gasteiger partial charge in [0.15, 0.2) is 0 Å². The predicted molar refractivity (Wildman–Crippen MR) is 73.1 cm³/mol. The topological polar surface area (TPSA) is 44.4 Å². The minimum absolute atomic E-state index is 0.0452. The number of amides is 1. The number of rotatable bonds is 9. The second-order valence-electron chi connectivity index (χ2n) is 4.74. The van der Waals surface area contributed by atoms with Crippen molar-refractivity contribution in [2.24, 2.45) is 5.92 Å². The summed E-state index contributed by atoms with van der Waals surface area (Å²) in [5.41, 5.74) is 0. The Morgan fingerprint density at radius 2 is 1.94 bits per heavy atom. The van der Waals surface area contributed by atoms with Gasteiger partial charge < -0.3 is 15.5 Å². The molecule has 0 aromatic carbocycles. The molecule has 102 valence electrons. The highest BCUT2D eigenvalue weighted by molar-refractivity contribution is 5.78. The molecule has 2 N–H and O–H groups in total. The number of nitrogens with zero attached hydrogens (tertiary/aromatic N) is 1. The van der Waals surface area contributed by atoms with Gasteiger partial charge in [-0.15, -0.1) is 0 Å². The third-order valence-electron chi connectivity index (χ3n) is 3.26. The summed E-state index contributed by atoms with van der Waals surface area (Å²) < 4.78 is 0. The van der Waals surface area contributed by atoms with E-state index in [0.29, 0.717) is 6.04 Å². The molecule has 0 aromatic rings. The van der Waals surface area contributed by atoms with Gasteiger partial charge in [-0.25, -0.2) is 0 Å². The van der Waals surface area contributed by atoms with E-state index in [0.717, 1.165) is 32.6 Å². The quantitative estimate of drug-likeness (QED) is 0.637. The van der Waals surface area contributed by atoms with Crippen molar-refractivity contribution in [1.29, 1.82) is 0 Å². The monoisotopic (exact) mass is 243 g/mol. The summed E-state index contributed by atoms with van der Waals surface area (Å²) in [6, 6.07) is 0.575. The maximum Gasteiger partial charge on any atom is 0.224 e. The van der Waals surface area contributed by atoms with Gasteiger partial charge in [0.05, 0.1) is 0 Å². The molecule has 0 saturated heterocycles. The Morgan fingerprint density at radius 1 is 1.29 bits per heavy atom. The van der Waals surface area contributed by atoms with Gasteiger partial charge >= 0.3 is 0 Å². The summed E-state index contributed by atoms with van der Waals surface area (Å²) in [5.74, 6) is 0.187. The average molecular weight is 243 g/mol. The molecule has 17 heavy (non-hydrogen) atoms. The van der Waals surface area contributed by atoms with Crippen LogP contribution in [0.5, 0.6) is 0 Å². The lowest BCUT2D eigenvalue weighted by atomic mass is 10.1. The van der Waals surface area contributed by atoms with Gasteiger partial charge in [-0.05, 0) is 26.9 Å². The van der Waals surface area contributed by atoms with Crippen molar-refractivity contribution in [1.82, 2.24) is 15.5 Å². The molecule has 0 fully saturated rings. The minimum Gasteiger partial charge on any atom is -0.355 e. The predicted octanol–water partition coefficient (Wildman–Crippen LogP) is 1.08. The van der Waals surface area contributed by atoms with Crippen molar-refractivity contribution in [2.45, 2.75) is 40.2 Å². The highest BCUT2D eigenvalue weighted by atomic mass is 16.1. The zero-order valence-electron chi connectivity index (χ0n) is 12.0. The zero-order valence-corrected chi connectivity index (χ0v) is 12.0. The smallest absolute Gasteiger partial charge is 0.224 e. The molecule has 0 aliphatic heterocycles. The van der Waals surface area contributed by atoms with Crippen molar-refractivity contribution < 1.29 is 4.79 Å². The first kappa shape index (κ1) is 16.4. The van der Waals surface area contributed by atoms with Crippen LogP contribution in [0.3, 0.4) is 0 Å². The van der Waals surface area contributed by atoms with E-state index in [1.807, 2.05) is 13.8 Å². The fourth-order valence-electron chi connectivity index (χ4n) is 1.52. The molecule has 1 amide bonds. The van der Waals surface area contributed by atoms with Gasteiger partial charge in [0.25, 0.3) is 0 Å². The van der Waals surface area contributed by atoms with Crippen LogP contribution in [0.4, 0.5) is 0 Å². The molecule has 4 nitrogen and oxygen atoms in total. The molecule has 0 rings (SSSR count). The molecule has 0 aromatic heterocycles. The third kappa shape index (κ3) is 7.34. The summed E-state index contributed by atoms with van der Waals surface area (Å²) in [6.07, 6.45) is 1.14.